The van der Waals surface area contributed by atoms with Crippen molar-refractivity contribution < 1.29 is 18.3 Å². The van der Waals surface area contributed by atoms with Crippen molar-refractivity contribution in [2.24, 2.45) is 0 Å². The number of thioether (sulfide) groups is 1. The number of benzene rings is 1. The molecule has 0 aliphatic heterocycles. The van der Waals surface area contributed by atoms with Crippen LogP contribution in [0.15, 0.2) is 34.3 Å². The van der Waals surface area contributed by atoms with Crippen LogP contribution in [0.5, 0.6) is 0 Å². The molecule has 1 aromatic heterocycles. The maximum absolute atomic E-state index is 12.1. The third-order valence-corrected chi connectivity index (χ3v) is 5.42. The van der Waals surface area contributed by atoms with Gasteiger partial charge in [0.25, 0.3) is 0 Å². The molecular weight excluding hydrogens is 314 g/mol. The van der Waals surface area contributed by atoms with E-state index in [9.17, 15) is 13.2 Å². The molecule has 1 aromatic carbocycles. The van der Waals surface area contributed by atoms with Crippen molar-refractivity contribution >= 4 is 27.6 Å². The highest BCUT2D eigenvalue weighted by Gasteiger charge is 2.16. The highest BCUT2D eigenvalue weighted by atomic mass is 32.2. The first-order valence-corrected chi connectivity index (χ1v) is 8.60. The maximum atomic E-state index is 12.1. The van der Waals surface area contributed by atoms with Gasteiger partial charge < -0.3 is 5.11 Å². The summed E-state index contributed by atoms with van der Waals surface area (Å²) in [6.07, 6.45) is 0. The normalized spacial score (nSPS) is 11.5. The van der Waals surface area contributed by atoms with Gasteiger partial charge in [-0.25, -0.2) is 18.2 Å². The molecule has 0 spiro atoms. The van der Waals surface area contributed by atoms with Crippen LogP contribution in [-0.2, 0) is 9.84 Å². The molecule has 0 saturated heterocycles. The van der Waals surface area contributed by atoms with E-state index in [0.29, 0.717) is 11.0 Å². The molecule has 0 amide bonds. The number of aromatic nitrogens is 3. The Morgan fingerprint density at radius 2 is 2.19 bits per heavy atom. The van der Waals surface area contributed by atoms with Crippen molar-refractivity contribution in [3.05, 3.63) is 35.7 Å². The lowest BCUT2D eigenvalue weighted by molar-refractivity contribution is 0.0696. The minimum atomic E-state index is -3.53. The second-order valence-corrected chi connectivity index (χ2v) is 7.37. The van der Waals surface area contributed by atoms with E-state index in [-0.39, 0.29) is 22.0 Å². The number of carbonyl (C=O) groups is 1. The Kier molecular flexibility index (Phi) is 4.63. The lowest BCUT2D eigenvalue weighted by Crippen LogP contribution is -2.10. The number of aryl methyl sites for hydroxylation is 1. The molecule has 21 heavy (non-hydrogen) atoms. The fourth-order valence-corrected chi connectivity index (χ4v) is 4.10. The summed E-state index contributed by atoms with van der Waals surface area (Å²) < 4.78 is 24.3. The summed E-state index contributed by atoms with van der Waals surface area (Å²) in [5.74, 6) is -0.322. The molecule has 0 saturated carbocycles. The largest absolute Gasteiger partial charge is 0.478 e. The fourth-order valence-electron chi connectivity index (χ4n) is 1.57. The van der Waals surface area contributed by atoms with Gasteiger partial charge in [-0.3, -0.25) is 5.10 Å². The molecule has 9 heteroatoms. The second kappa shape index (κ2) is 6.27. The van der Waals surface area contributed by atoms with E-state index in [0.717, 1.165) is 0 Å². The van der Waals surface area contributed by atoms with Crippen LogP contribution in [0.1, 0.15) is 16.2 Å². The van der Waals surface area contributed by atoms with Crippen molar-refractivity contribution in [1.82, 2.24) is 15.2 Å². The van der Waals surface area contributed by atoms with Gasteiger partial charge in [-0.2, -0.15) is 0 Å². The fraction of sp³-hybridized carbons (Fsp3) is 0.250. The Morgan fingerprint density at radius 1 is 1.43 bits per heavy atom. The number of hydrogen-bond donors (Lipinski definition) is 2. The van der Waals surface area contributed by atoms with E-state index < -0.39 is 15.8 Å². The van der Waals surface area contributed by atoms with Crippen LogP contribution < -0.4 is 0 Å². The van der Waals surface area contributed by atoms with Crippen molar-refractivity contribution in [1.29, 1.82) is 0 Å². The summed E-state index contributed by atoms with van der Waals surface area (Å²) in [4.78, 5) is 14.9. The lowest BCUT2D eigenvalue weighted by Gasteiger charge is -2.04. The Bertz CT molecular complexity index is 755. The summed E-state index contributed by atoms with van der Waals surface area (Å²) in [5.41, 5.74) is -0.0479. The predicted molar refractivity (Wildman–Crippen MR) is 77.3 cm³/mol. The van der Waals surface area contributed by atoms with Crippen molar-refractivity contribution in [3.8, 4) is 0 Å². The average molecular weight is 327 g/mol. The van der Waals surface area contributed by atoms with Crippen LogP contribution in [0, 0.1) is 6.92 Å². The Hall–Kier alpha value is -1.87. The summed E-state index contributed by atoms with van der Waals surface area (Å²) in [6, 6.07) is 5.33. The molecule has 7 nitrogen and oxygen atoms in total. The van der Waals surface area contributed by atoms with Gasteiger partial charge in [0.15, 0.2) is 9.84 Å². The Balaban J connectivity index is 2.04. The number of rotatable bonds is 6. The van der Waals surface area contributed by atoms with Crippen molar-refractivity contribution in [3.63, 3.8) is 0 Å². The number of nitrogens with one attached hydrogen (secondary N) is 1. The quantitative estimate of drug-likeness (QED) is 0.770. The molecule has 2 rings (SSSR count). The average Bonchev–Trinajstić information content (AvgIpc) is 2.84. The summed E-state index contributed by atoms with van der Waals surface area (Å²) >= 11 is 1.22. The predicted octanol–water partition coefficient (Wildman–Crippen LogP) is 1.38. The first kappa shape index (κ1) is 15.5. The van der Waals surface area contributed by atoms with Crippen LogP contribution in [0.4, 0.5) is 0 Å². The summed E-state index contributed by atoms with van der Waals surface area (Å²) in [7, 11) is -3.53. The minimum absolute atomic E-state index is 0.00849. The molecule has 2 N–H and O–H groups in total. The smallest absolute Gasteiger partial charge is 0.335 e. The molecule has 0 aliphatic rings. The Labute approximate surface area is 125 Å². The molecule has 0 aliphatic carbocycles. The number of aromatic amines is 1. The molecule has 0 unspecified atom stereocenters. The van der Waals surface area contributed by atoms with Crippen LogP contribution in [0.3, 0.4) is 0 Å². The van der Waals surface area contributed by atoms with Crippen LogP contribution in [0.2, 0.25) is 0 Å². The number of aromatic carboxylic acids is 1. The summed E-state index contributed by atoms with van der Waals surface area (Å²) in [6.45, 7) is 1.76. The second-order valence-electron chi connectivity index (χ2n) is 4.20. The minimum Gasteiger partial charge on any atom is -0.478 e. The number of carboxylic acids is 1. The van der Waals surface area contributed by atoms with Crippen LogP contribution >= 0.6 is 11.8 Å². The van der Waals surface area contributed by atoms with E-state index >= 15 is 0 Å². The molecule has 0 bridgehead atoms. The first-order valence-electron chi connectivity index (χ1n) is 5.96. The van der Waals surface area contributed by atoms with Gasteiger partial charge >= 0.3 is 5.97 Å². The number of carboxylic acid groups (broad SMARTS) is 1. The van der Waals surface area contributed by atoms with Crippen molar-refractivity contribution in [2.75, 3.05) is 11.5 Å². The van der Waals surface area contributed by atoms with Gasteiger partial charge in [-0.1, -0.05) is 17.8 Å². The van der Waals surface area contributed by atoms with E-state index in [1.165, 1.54) is 36.0 Å². The molecule has 2 aromatic rings. The van der Waals surface area contributed by atoms with Gasteiger partial charge in [0, 0.05) is 5.75 Å². The molecule has 112 valence electrons. The highest BCUT2D eigenvalue weighted by molar-refractivity contribution is 8.00. The van der Waals surface area contributed by atoms with Gasteiger partial charge in [-0.05, 0) is 25.1 Å². The van der Waals surface area contributed by atoms with Gasteiger partial charge in [0.05, 0.1) is 16.2 Å². The van der Waals surface area contributed by atoms with Gasteiger partial charge in [0.1, 0.15) is 5.82 Å². The number of nitrogens with zero attached hydrogens (tertiary/aromatic N) is 2. The zero-order valence-corrected chi connectivity index (χ0v) is 12.7. The molecule has 0 atom stereocenters. The third-order valence-electron chi connectivity index (χ3n) is 2.60. The highest BCUT2D eigenvalue weighted by Crippen LogP contribution is 2.17. The van der Waals surface area contributed by atoms with Crippen molar-refractivity contribution in [2.45, 2.75) is 17.0 Å². The lowest BCUT2D eigenvalue weighted by atomic mass is 10.2. The molecule has 0 fully saturated rings. The Morgan fingerprint density at radius 3 is 2.81 bits per heavy atom. The van der Waals surface area contributed by atoms with E-state index in [2.05, 4.69) is 15.2 Å². The van der Waals surface area contributed by atoms with Crippen LogP contribution in [-0.4, -0.2) is 46.2 Å². The number of H-pyrrole nitrogens is 1. The summed E-state index contributed by atoms with van der Waals surface area (Å²) in [5, 5.41) is 15.9. The van der Waals surface area contributed by atoms with Crippen LogP contribution in [0.25, 0.3) is 0 Å². The number of hydrogen-bond acceptors (Lipinski definition) is 6. The zero-order chi connectivity index (χ0) is 15.5. The third kappa shape index (κ3) is 4.05. The zero-order valence-electron chi connectivity index (χ0n) is 11.1. The standard InChI is InChI=1S/C12H13N3O4S2/c1-8-13-12(15-14-8)20-5-6-21(18,19)10-4-2-3-9(7-10)11(16)17/h2-4,7H,5-6H2,1H3,(H,16,17)(H,13,14,15). The maximum Gasteiger partial charge on any atom is 0.335 e. The van der Waals surface area contributed by atoms with E-state index in [4.69, 9.17) is 5.11 Å². The number of sulfone groups is 1. The SMILES string of the molecule is Cc1nc(SCCS(=O)(=O)c2cccc(C(=O)O)c2)n[nH]1. The molecule has 0 radical (unpaired) electrons. The molecule has 1 heterocycles. The monoisotopic (exact) mass is 327 g/mol. The van der Waals surface area contributed by atoms with E-state index in [1.54, 1.807) is 6.92 Å². The van der Waals surface area contributed by atoms with Gasteiger partial charge in [-0.15, -0.1) is 5.10 Å². The molecular formula is C12H13N3O4S2. The van der Waals surface area contributed by atoms with Gasteiger partial charge in [0.2, 0.25) is 5.16 Å². The topological polar surface area (TPSA) is 113 Å². The first-order chi connectivity index (χ1) is 9.88. The van der Waals surface area contributed by atoms with E-state index in [1.807, 2.05) is 0 Å².